The molecule has 0 aromatic rings. The highest BCUT2D eigenvalue weighted by molar-refractivity contribution is 7.63. The maximum absolute atomic E-state index is 13.7. The second-order valence-electron chi connectivity index (χ2n) is 9.58. The van der Waals surface area contributed by atoms with E-state index in [1.54, 1.807) is 0 Å². The molecule has 3 unspecified atom stereocenters. The highest BCUT2D eigenvalue weighted by Gasteiger charge is 2.32. The molecule has 0 amide bonds. The smallest absolute Gasteiger partial charge is 0.309 e. The fraction of sp³-hybridized carbons (Fsp3) is 0.889. The number of carbonyl (C=O) groups is 3. The summed E-state index contributed by atoms with van der Waals surface area (Å²) in [5, 5.41) is 0. The van der Waals surface area contributed by atoms with Gasteiger partial charge in [0.15, 0.2) is 7.14 Å². The molecular formula is C27H51O7P. The predicted octanol–water partition coefficient (Wildman–Crippen LogP) is 7.50. The van der Waals surface area contributed by atoms with Crippen LogP contribution in [0.1, 0.15) is 119 Å². The topological polar surface area (TPSA) is 96.0 Å². The Morgan fingerprint density at radius 3 is 1.00 bits per heavy atom. The van der Waals surface area contributed by atoms with Gasteiger partial charge in [-0.25, -0.2) is 0 Å². The summed E-state index contributed by atoms with van der Waals surface area (Å²) in [4.78, 5) is 37.8. The summed E-state index contributed by atoms with van der Waals surface area (Å²) in [6, 6.07) is 0. The summed E-state index contributed by atoms with van der Waals surface area (Å²) in [5.74, 6) is -1.98. The Bertz CT molecular complexity index is 564. The SMILES string of the molecule is CCCCC(CC)C(=O)OCP(=O)(COC(=O)C(CC)CCCC)COC(=O)C(CC)CCCC. The first-order valence-corrected chi connectivity index (χ1v) is 16.0. The average Bonchev–Trinajstić information content (AvgIpc) is 2.86. The van der Waals surface area contributed by atoms with E-state index in [9.17, 15) is 18.9 Å². The molecule has 0 saturated carbocycles. The molecule has 0 N–H and O–H groups in total. The van der Waals surface area contributed by atoms with Crippen molar-refractivity contribution in [3.63, 3.8) is 0 Å². The number of rotatable bonds is 21. The normalized spacial score (nSPS) is 15.5. The summed E-state index contributed by atoms with van der Waals surface area (Å²) in [5.41, 5.74) is 0. The van der Waals surface area contributed by atoms with Crippen LogP contribution in [0.15, 0.2) is 0 Å². The third-order valence-corrected chi connectivity index (χ3v) is 8.32. The molecule has 8 heteroatoms. The monoisotopic (exact) mass is 518 g/mol. The van der Waals surface area contributed by atoms with Crippen molar-refractivity contribution >= 4 is 25.0 Å². The molecule has 206 valence electrons. The number of ether oxygens (including phenoxy) is 3. The molecule has 0 bridgehead atoms. The molecule has 0 rings (SSSR count). The molecule has 0 spiro atoms. The first kappa shape index (κ1) is 33.6. The van der Waals surface area contributed by atoms with Crippen molar-refractivity contribution in [2.45, 2.75) is 119 Å². The van der Waals surface area contributed by atoms with Crippen molar-refractivity contribution in [2.24, 2.45) is 17.8 Å². The summed E-state index contributed by atoms with van der Waals surface area (Å²) >= 11 is 0. The zero-order chi connectivity index (χ0) is 26.7. The molecule has 0 aliphatic carbocycles. The number of hydrogen-bond donors (Lipinski definition) is 0. The third-order valence-electron chi connectivity index (χ3n) is 6.52. The Labute approximate surface area is 213 Å². The molecular weight excluding hydrogens is 467 g/mol. The second kappa shape index (κ2) is 19.8. The molecule has 0 aromatic heterocycles. The second-order valence-corrected chi connectivity index (χ2v) is 12.5. The van der Waals surface area contributed by atoms with Crippen molar-refractivity contribution < 1.29 is 33.2 Å². The lowest BCUT2D eigenvalue weighted by atomic mass is 10.00. The molecule has 0 aliphatic heterocycles. The standard InChI is InChI=1S/C27H51O7P/c1-7-13-16-22(10-4)25(28)32-19-35(31,20-33-26(29)23(11-5)17-14-8-2)21-34-27(30)24(12-6)18-15-9-3/h22-24H,7-21H2,1-6H3. The van der Waals surface area contributed by atoms with E-state index < -0.39 is 44.1 Å². The maximum Gasteiger partial charge on any atom is 0.309 e. The van der Waals surface area contributed by atoms with Gasteiger partial charge in [-0.3, -0.25) is 14.4 Å². The number of esters is 3. The van der Waals surface area contributed by atoms with Gasteiger partial charge in [0.2, 0.25) is 0 Å². The van der Waals surface area contributed by atoms with Gasteiger partial charge in [0.25, 0.3) is 0 Å². The van der Waals surface area contributed by atoms with Crippen molar-refractivity contribution in [3.05, 3.63) is 0 Å². The van der Waals surface area contributed by atoms with E-state index in [4.69, 9.17) is 14.2 Å². The Kier molecular flexibility index (Phi) is 19.0. The first-order chi connectivity index (χ1) is 16.7. The minimum absolute atomic E-state index is 0.259. The van der Waals surface area contributed by atoms with Crippen LogP contribution < -0.4 is 0 Å². The lowest BCUT2D eigenvalue weighted by Crippen LogP contribution is -2.23. The molecule has 3 atom stereocenters. The largest absolute Gasteiger partial charge is 0.457 e. The van der Waals surface area contributed by atoms with Crippen LogP contribution in [0.2, 0.25) is 0 Å². The summed E-state index contributed by atoms with van der Waals surface area (Å²) < 4.78 is 30.0. The number of hydrogen-bond acceptors (Lipinski definition) is 7. The van der Waals surface area contributed by atoms with E-state index in [-0.39, 0.29) is 17.8 Å². The minimum atomic E-state index is -3.44. The molecule has 7 nitrogen and oxygen atoms in total. The molecule has 0 fully saturated rings. The fourth-order valence-corrected chi connectivity index (χ4v) is 5.14. The van der Waals surface area contributed by atoms with Crippen LogP contribution in [0.3, 0.4) is 0 Å². The number of carbonyl (C=O) groups excluding carboxylic acids is 3. The molecule has 0 aliphatic rings. The molecule has 35 heavy (non-hydrogen) atoms. The highest BCUT2D eigenvalue weighted by atomic mass is 31.2. The maximum atomic E-state index is 13.7. The van der Waals surface area contributed by atoms with Crippen LogP contribution in [0.25, 0.3) is 0 Å². The number of unbranched alkanes of at least 4 members (excludes halogenated alkanes) is 3. The lowest BCUT2D eigenvalue weighted by molar-refractivity contribution is -0.147. The summed E-state index contributed by atoms with van der Waals surface area (Å²) in [6.45, 7) is 11.9. The third kappa shape index (κ3) is 14.1. The van der Waals surface area contributed by atoms with Crippen LogP contribution in [-0.2, 0) is 33.2 Å². The van der Waals surface area contributed by atoms with E-state index in [1.165, 1.54) is 0 Å². The van der Waals surface area contributed by atoms with Gasteiger partial charge >= 0.3 is 17.9 Å². The minimum Gasteiger partial charge on any atom is -0.457 e. The van der Waals surface area contributed by atoms with Gasteiger partial charge in [0, 0.05) is 0 Å². The Morgan fingerprint density at radius 2 is 0.800 bits per heavy atom. The van der Waals surface area contributed by atoms with Crippen LogP contribution in [0.5, 0.6) is 0 Å². The van der Waals surface area contributed by atoms with Crippen molar-refractivity contribution in [3.8, 4) is 0 Å². The fourth-order valence-electron chi connectivity index (χ4n) is 3.83. The molecule has 0 aromatic carbocycles. The quantitative estimate of drug-likeness (QED) is 0.0881. The Hall–Kier alpha value is -1.36. The Morgan fingerprint density at radius 1 is 0.543 bits per heavy atom. The van der Waals surface area contributed by atoms with Crippen LogP contribution in [0, 0.1) is 17.8 Å². The van der Waals surface area contributed by atoms with Gasteiger partial charge in [0.1, 0.15) is 19.0 Å². The molecule has 0 radical (unpaired) electrons. The zero-order valence-corrected chi connectivity index (χ0v) is 24.0. The van der Waals surface area contributed by atoms with Crippen molar-refractivity contribution in [2.75, 3.05) is 19.0 Å². The summed E-state index contributed by atoms with van der Waals surface area (Å²) in [6.07, 6.45) is 8.51. The van der Waals surface area contributed by atoms with Crippen molar-refractivity contribution in [1.29, 1.82) is 0 Å². The van der Waals surface area contributed by atoms with Gasteiger partial charge in [-0.15, -0.1) is 0 Å². The van der Waals surface area contributed by atoms with Gasteiger partial charge in [-0.05, 0) is 38.5 Å². The average molecular weight is 519 g/mol. The van der Waals surface area contributed by atoms with Crippen LogP contribution in [0.4, 0.5) is 0 Å². The Balaban J connectivity index is 5.31. The van der Waals surface area contributed by atoms with Crippen molar-refractivity contribution in [1.82, 2.24) is 0 Å². The van der Waals surface area contributed by atoms with E-state index in [0.717, 1.165) is 38.5 Å². The molecule has 0 heterocycles. The van der Waals surface area contributed by atoms with Gasteiger partial charge in [-0.1, -0.05) is 80.1 Å². The highest BCUT2D eigenvalue weighted by Crippen LogP contribution is 2.46. The molecule has 0 saturated heterocycles. The van der Waals surface area contributed by atoms with E-state index in [1.807, 2.05) is 20.8 Å². The van der Waals surface area contributed by atoms with E-state index in [0.29, 0.717) is 38.5 Å². The van der Waals surface area contributed by atoms with Crippen LogP contribution in [-0.4, -0.2) is 37.0 Å². The van der Waals surface area contributed by atoms with Crippen LogP contribution >= 0.6 is 7.14 Å². The van der Waals surface area contributed by atoms with Gasteiger partial charge in [-0.2, -0.15) is 0 Å². The van der Waals surface area contributed by atoms with Gasteiger partial charge in [0.05, 0.1) is 17.8 Å². The predicted molar refractivity (Wildman–Crippen MR) is 140 cm³/mol. The van der Waals surface area contributed by atoms with E-state index in [2.05, 4.69) is 20.8 Å². The first-order valence-electron chi connectivity index (χ1n) is 13.8. The van der Waals surface area contributed by atoms with Gasteiger partial charge < -0.3 is 18.8 Å². The summed E-state index contributed by atoms with van der Waals surface area (Å²) in [7, 11) is -3.44. The zero-order valence-electron chi connectivity index (χ0n) is 23.1. The lowest BCUT2D eigenvalue weighted by Gasteiger charge is -2.22. The van der Waals surface area contributed by atoms with E-state index >= 15 is 0 Å².